The zero-order valence-electron chi connectivity index (χ0n) is 16.0. The van der Waals surface area contributed by atoms with Crippen molar-refractivity contribution in [3.63, 3.8) is 0 Å². The lowest BCUT2D eigenvalue weighted by atomic mass is 9.80. The van der Waals surface area contributed by atoms with Gasteiger partial charge in [0.25, 0.3) is 5.91 Å². The van der Waals surface area contributed by atoms with Crippen LogP contribution in [0.3, 0.4) is 0 Å². The van der Waals surface area contributed by atoms with E-state index in [0.717, 1.165) is 17.7 Å². The summed E-state index contributed by atoms with van der Waals surface area (Å²) in [5.74, 6) is 0.858. The molecule has 0 aromatic heterocycles. The lowest BCUT2D eigenvalue weighted by Gasteiger charge is -2.37. The second-order valence-corrected chi connectivity index (χ2v) is 6.50. The minimum Gasteiger partial charge on any atom is -0.497 e. The number of allylic oxidation sites excluding steroid dienone is 1. The van der Waals surface area contributed by atoms with E-state index in [1.807, 2.05) is 37.3 Å². The molecule has 0 radical (unpaired) electrons. The van der Waals surface area contributed by atoms with Crippen LogP contribution >= 0.6 is 0 Å². The first-order chi connectivity index (χ1) is 12.5. The number of aliphatic hydroxyl groups excluding tert-OH is 1. The summed E-state index contributed by atoms with van der Waals surface area (Å²) in [6.45, 7) is 2.50. The summed E-state index contributed by atoms with van der Waals surface area (Å²) >= 11 is 0. The Morgan fingerprint density at radius 2 is 1.96 bits per heavy atom. The van der Waals surface area contributed by atoms with Gasteiger partial charge in [-0.05, 0) is 43.5 Å². The van der Waals surface area contributed by atoms with Crippen LogP contribution in [-0.2, 0) is 14.3 Å². The molecule has 1 aromatic carbocycles. The molecule has 144 valence electrons. The van der Waals surface area contributed by atoms with Crippen LogP contribution in [0.2, 0.25) is 0 Å². The van der Waals surface area contributed by atoms with Gasteiger partial charge in [0.1, 0.15) is 5.75 Å². The molecular weight excluding hydrogens is 334 g/mol. The van der Waals surface area contributed by atoms with Gasteiger partial charge in [0, 0.05) is 39.1 Å². The Kier molecular flexibility index (Phi) is 7.48. The molecule has 3 atom stereocenters. The van der Waals surface area contributed by atoms with Crippen molar-refractivity contribution in [3.8, 4) is 5.75 Å². The van der Waals surface area contributed by atoms with E-state index in [-0.39, 0.29) is 24.3 Å². The smallest absolute Gasteiger partial charge is 0.288 e. The third-order valence-corrected chi connectivity index (χ3v) is 4.53. The summed E-state index contributed by atoms with van der Waals surface area (Å²) in [4.78, 5) is 14.0. The van der Waals surface area contributed by atoms with Crippen molar-refractivity contribution in [1.29, 1.82) is 0 Å². The van der Waals surface area contributed by atoms with Gasteiger partial charge in [-0.25, -0.2) is 0 Å². The number of carbonyl (C=O) groups excluding carboxylic acids is 1. The number of rotatable bonds is 8. The van der Waals surface area contributed by atoms with Crippen LogP contribution in [-0.4, -0.2) is 56.6 Å². The molecule has 0 saturated carbocycles. The van der Waals surface area contributed by atoms with Crippen molar-refractivity contribution in [3.05, 3.63) is 41.7 Å². The molecule has 0 spiro atoms. The summed E-state index contributed by atoms with van der Waals surface area (Å²) in [5, 5.41) is 9.28. The molecule has 0 bridgehead atoms. The topological polar surface area (TPSA) is 68.2 Å². The molecule has 1 aliphatic rings. The van der Waals surface area contributed by atoms with E-state index in [0.29, 0.717) is 18.8 Å². The molecule has 26 heavy (non-hydrogen) atoms. The van der Waals surface area contributed by atoms with Gasteiger partial charge in [-0.3, -0.25) is 4.79 Å². The fourth-order valence-electron chi connectivity index (χ4n) is 3.18. The first kappa shape index (κ1) is 20.3. The molecule has 0 aliphatic carbocycles. The number of aliphatic hydroxyl groups is 1. The fourth-order valence-corrected chi connectivity index (χ4v) is 3.18. The van der Waals surface area contributed by atoms with Crippen molar-refractivity contribution in [1.82, 2.24) is 4.90 Å². The van der Waals surface area contributed by atoms with Gasteiger partial charge in [0.2, 0.25) is 6.29 Å². The number of benzene rings is 1. The Morgan fingerprint density at radius 1 is 1.27 bits per heavy atom. The predicted octanol–water partition coefficient (Wildman–Crippen LogP) is 2.53. The number of carbonyl (C=O) groups is 1. The van der Waals surface area contributed by atoms with Crippen molar-refractivity contribution in [2.24, 2.45) is 5.92 Å². The number of amides is 1. The van der Waals surface area contributed by atoms with Gasteiger partial charge in [-0.2, -0.15) is 0 Å². The van der Waals surface area contributed by atoms with E-state index in [1.54, 1.807) is 21.2 Å². The summed E-state index contributed by atoms with van der Waals surface area (Å²) in [6, 6.07) is 7.81. The van der Waals surface area contributed by atoms with Crippen molar-refractivity contribution in [2.45, 2.75) is 32.0 Å². The quantitative estimate of drug-likeness (QED) is 0.769. The number of hydrogen-bond acceptors (Lipinski definition) is 5. The molecule has 0 saturated heterocycles. The van der Waals surface area contributed by atoms with Crippen molar-refractivity contribution >= 4 is 5.91 Å². The first-order valence-electron chi connectivity index (χ1n) is 8.98. The van der Waals surface area contributed by atoms with Crippen molar-refractivity contribution < 1.29 is 24.1 Å². The van der Waals surface area contributed by atoms with Gasteiger partial charge in [-0.1, -0.05) is 12.1 Å². The summed E-state index contributed by atoms with van der Waals surface area (Å²) in [6.07, 6.45) is 2.73. The molecule has 1 aliphatic heterocycles. The van der Waals surface area contributed by atoms with E-state index in [4.69, 9.17) is 14.2 Å². The van der Waals surface area contributed by atoms with Gasteiger partial charge in [0.15, 0.2) is 5.76 Å². The minimum atomic E-state index is -0.525. The summed E-state index contributed by atoms with van der Waals surface area (Å²) < 4.78 is 16.9. The van der Waals surface area contributed by atoms with E-state index < -0.39 is 6.29 Å². The predicted molar refractivity (Wildman–Crippen MR) is 98.8 cm³/mol. The third-order valence-electron chi connectivity index (χ3n) is 4.53. The van der Waals surface area contributed by atoms with E-state index in [2.05, 4.69) is 0 Å². The molecule has 0 unspecified atom stereocenters. The summed E-state index contributed by atoms with van der Waals surface area (Å²) in [7, 11) is 5.03. The number of nitrogens with zero attached hydrogens (tertiary/aromatic N) is 1. The monoisotopic (exact) mass is 363 g/mol. The largest absolute Gasteiger partial charge is 0.497 e. The average Bonchev–Trinajstić information content (AvgIpc) is 2.66. The number of hydrogen-bond donors (Lipinski definition) is 1. The van der Waals surface area contributed by atoms with Crippen LogP contribution in [0, 0.1) is 5.92 Å². The molecule has 0 fully saturated rings. The molecule has 1 N–H and O–H groups in total. The van der Waals surface area contributed by atoms with Crippen LogP contribution < -0.4 is 4.74 Å². The maximum absolute atomic E-state index is 12.5. The van der Waals surface area contributed by atoms with Gasteiger partial charge < -0.3 is 24.2 Å². The SMILES string of the molecule is CCO[C@@H]1OC(C(=O)N(C)C)=C[C@H](c2ccc(OC)cc2)[C@H]1CCCO. The second-order valence-electron chi connectivity index (χ2n) is 6.50. The van der Waals surface area contributed by atoms with Gasteiger partial charge in [0.05, 0.1) is 7.11 Å². The molecule has 2 rings (SSSR count). The van der Waals surface area contributed by atoms with Crippen LogP contribution in [0.1, 0.15) is 31.2 Å². The highest BCUT2D eigenvalue weighted by atomic mass is 16.7. The fraction of sp³-hybridized carbons (Fsp3) is 0.550. The molecule has 6 heteroatoms. The average molecular weight is 363 g/mol. The summed E-state index contributed by atoms with van der Waals surface area (Å²) in [5.41, 5.74) is 1.06. The zero-order valence-corrected chi connectivity index (χ0v) is 16.0. The van der Waals surface area contributed by atoms with Crippen LogP contribution in [0.4, 0.5) is 0 Å². The lowest BCUT2D eigenvalue weighted by Crippen LogP contribution is -2.38. The Morgan fingerprint density at radius 3 is 2.50 bits per heavy atom. The minimum absolute atomic E-state index is 0.00853. The Hall–Kier alpha value is -2.05. The van der Waals surface area contributed by atoms with Crippen LogP contribution in [0.25, 0.3) is 0 Å². The highest BCUT2D eigenvalue weighted by Gasteiger charge is 2.38. The third kappa shape index (κ3) is 4.77. The molecule has 1 aromatic rings. The van der Waals surface area contributed by atoms with E-state index in [1.165, 1.54) is 4.90 Å². The van der Waals surface area contributed by atoms with Gasteiger partial charge in [-0.15, -0.1) is 0 Å². The van der Waals surface area contributed by atoms with E-state index >= 15 is 0 Å². The maximum Gasteiger partial charge on any atom is 0.288 e. The van der Waals surface area contributed by atoms with Gasteiger partial charge >= 0.3 is 0 Å². The molecular formula is C20H29NO5. The second kappa shape index (κ2) is 9.59. The number of ether oxygens (including phenoxy) is 3. The highest BCUT2D eigenvalue weighted by molar-refractivity contribution is 5.91. The molecule has 1 heterocycles. The van der Waals surface area contributed by atoms with Crippen LogP contribution in [0.5, 0.6) is 5.75 Å². The Labute approximate surface area is 155 Å². The number of likely N-dealkylation sites (N-methyl/N-ethyl adjacent to an activating group) is 1. The zero-order chi connectivity index (χ0) is 19.1. The molecule has 6 nitrogen and oxygen atoms in total. The van der Waals surface area contributed by atoms with Crippen molar-refractivity contribution in [2.75, 3.05) is 34.4 Å². The Bertz CT molecular complexity index is 611. The lowest BCUT2D eigenvalue weighted by molar-refractivity contribution is -0.169. The maximum atomic E-state index is 12.5. The number of methoxy groups -OCH3 is 1. The first-order valence-corrected chi connectivity index (χ1v) is 8.98. The van der Waals surface area contributed by atoms with Crippen LogP contribution in [0.15, 0.2) is 36.1 Å². The van der Waals surface area contributed by atoms with E-state index in [9.17, 15) is 9.90 Å². The highest BCUT2D eigenvalue weighted by Crippen LogP contribution is 2.40. The normalized spacial score (nSPS) is 22.3. The molecule has 1 amide bonds. The standard InChI is InChI=1S/C20H29NO5/c1-5-25-20-16(7-6-12-22)17(13-18(26-20)19(23)21(2)3)14-8-10-15(24-4)11-9-14/h8-11,13,16-17,20,22H,5-7,12H2,1-4H3/t16-,17-,20-/m1/s1. The Balaban J connectivity index is 2.42.